The van der Waals surface area contributed by atoms with E-state index < -0.39 is 0 Å². The lowest BCUT2D eigenvalue weighted by atomic mass is 9.97. The molecule has 0 bridgehead atoms. The van der Waals surface area contributed by atoms with E-state index in [1.54, 1.807) is 0 Å². The second-order valence-electron chi connectivity index (χ2n) is 3.77. The number of benzene rings is 1. The Bertz CT molecular complexity index is 418. The molecule has 0 atom stereocenters. The van der Waals surface area contributed by atoms with E-state index in [0.29, 0.717) is 6.61 Å². The summed E-state index contributed by atoms with van der Waals surface area (Å²) in [7, 11) is 0. The summed E-state index contributed by atoms with van der Waals surface area (Å²) in [6, 6.07) is 8.29. The van der Waals surface area contributed by atoms with Gasteiger partial charge < -0.3 is 4.74 Å². The normalized spacial score (nSPS) is 16.9. The van der Waals surface area contributed by atoms with E-state index in [1.165, 1.54) is 0 Å². The molecule has 0 amide bonds. The van der Waals surface area contributed by atoms with Gasteiger partial charge in [-0.1, -0.05) is 22.0 Å². The Labute approximate surface area is 98.0 Å². The fourth-order valence-corrected chi connectivity index (χ4v) is 2.07. The van der Waals surface area contributed by atoms with Gasteiger partial charge in [-0.3, -0.25) is 0 Å². The topological polar surface area (TPSA) is 33.0 Å². The van der Waals surface area contributed by atoms with Crippen molar-refractivity contribution in [3.05, 3.63) is 28.2 Å². The summed E-state index contributed by atoms with van der Waals surface area (Å²) < 4.78 is 6.55. The minimum atomic E-state index is -0.273. The van der Waals surface area contributed by atoms with Gasteiger partial charge in [0.05, 0.1) is 18.1 Å². The maximum atomic E-state index is 9.15. The van der Waals surface area contributed by atoms with Gasteiger partial charge in [0.25, 0.3) is 0 Å². The zero-order valence-corrected chi connectivity index (χ0v) is 10.2. The van der Waals surface area contributed by atoms with Crippen LogP contribution >= 0.6 is 15.9 Å². The highest BCUT2D eigenvalue weighted by Crippen LogP contribution is 2.51. The molecule has 0 aliphatic heterocycles. The Morgan fingerprint density at radius 2 is 2.27 bits per heavy atom. The van der Waals surface area contributed by atoms with Crippen LogP contribution < -0.4 is 4.74 Å². The highest BCUT2D eigenvalue weighted by atomic mass is 79.9. The third-order valence-electron chi connectivity index (χ3n) is 2.72. The van der Waals surface area contributed by atoms with Crippen LogP contribution in [0.1, 0.15) is 25.3 Å². The Morgan fingerprint density at radius 1 is 1.53 bits per heavy atom. The first-order chi connectivity index (χ1) is 7.22. The molecule has 1 aromatic rings. The van der Waals surface area contributed by atoms with Gasteiger partial charge in [-0.2, -0.15) is 5.26 Å². The Kier molecular flexibility index (Phi) is 2.70. The number of ether oxygens (including phenoxy) is 1. The molecule has 1 aromatic carbocycles. The van der Waals surface area contributed by atoms with E-state index in [-0.39, 0.29) is 5.41 Å². The largest absolute Gasteiger partial charge is 0.493 e. The summed E-state index contributed by atoms with van der Waals surface area (Å²) in [5, 5.41) is 9.15. The van der Waals surface area contributed by atoms with Crippen LogP contribution in [0.3, 0.4) is 0 Å². The lowest BCUT2D eigenvalue weighted by molar-refractivity contribution is 0.335. The van der Waals surface area contributed by atoms with Crippen molar-refractivity contribution >= 4 is 15.9 Å². The molecule has 2 nitrogen and oxygen atoms in total. The average Bonchev–Trinajstić information content (AvgIpc) is 2.99. The molecule has 3 heteroatoms. The van der Waals surface area contributed by atoms with Crippen molar-refractivity contribution in [2.45, 2.75) is 25.2 Å². The molecule has 0 radical (unpaired) electrons. The van der Waals surface area contributed by atoms with Crippen molar-refractivity contribution in [2.75, 3.05) is 6.61 Å². The molecule has 1 aliphatic carbocycles. The lowest BCUT2D eigenvalue weighted by Crippen LogP contribution is -2.06. The number of hydrogen-bond acceptors (Lipinski definition) is 2. The molecule has 2 rings (SSSR count). The van der Waals surface area contributed by atoms with Gasteiger partial charge in [-0.25, -0.2) is 0 Å². The third-order valence-corrected chi connectivity index (χ3v) is 3.22. The fraction of sp³-hybridized carbons (Fsp3) is 0.417. The van der Waals surface area contributed by atoms with Gasteiger partial charge in [-0.05, 0) is 31.9 Å². The minimum absolute atomic E-state index is 0.273. The predicted octanol–water partition coefficient (Wildman–Crippen LogP) is 3.40. The highest BCUT2D eigenvalue weighted by Gasteiger charge is 2.46. The zero-order valence-electron chi connectivity index (χ0n) is 8.59. The van der Waals surface area contributed by atoms with Crippen LogP contribution in [0.4, 0.5) is 0 Å². The number of halogens is 1. The summed E-state index contributed by atoms with van der Waals surface area (Å²) in [4.78, 5) is 0. The summed E-state index contributed by atoms with van der Waals surface area (Å²) in [5.41, 5.74) is 0.764. The van der Waals surface area contributed by atoms with Gasteiger partial charge in [0.1, 0.15) is 5.75 Å². The van der Waals surface area contributed by atoms with Crippen molar-refractivity contribution in [1.82, 2.24) is 0 Å². The van der Waals surface area contributed by atoms with Crippen LogP contribution in [-0.2, 0) is 5.41 Å². The van der Waals surface area contributed by atoms with Gasteiger partial charge in [-0.15, -0.1) is 0 Å². The first kappa shape index (κ1) is 10.5. The monoisotopic (exact) mass is 265 g/mol. The fourth-order valence-electron chi connectivity index (χ4n) is 1.73. The van der Waals surface area contributed by atoms with Crippen molar-refractivity contribution < 1.29 is 4.74 Å². The molecule has 78 valence electrons. The summed E-state index contributed by atoms with van der Waals surface area (Å²) in [6.07, 6.45) is 1.90. The van der Waals surface area contributed by atoms with Crippen LogP contribution in [0.15, 0.2) is 22.7 Å². The first-order valence-corrected chi connectivity index (χ1v) is 5.85. The number of nitrogens with zero attached hydrogens (tertiary/aromatic N) is 1. The molecule has 0 unspecified atom stereocenters. The van der Waals surface area contributed by atoms with Crippen LogP contribution in [0.25, 0.3) is 0 Å². The van der Waals surface area contributed by atoms with E-state index in [1.807, 2.05) is 25.1 Å². The van der Waals surface area contributed by atoms with Gasteiger partial charge in [0, 0.05) is 10.0 Å². The van der Waals surface area contributed by atoms with Crippen LogP contribution in [0.2, 0.25) is 0 Å². The molecule has 0 aromatic heterocycles. The molecule has 15 heavy (non-hydrogen) atoms. The van der Waals surface area contributed by atoms with Crippen molar-refractivity contribution in [3.8, 4) is 11.8 Å². The molecule has 1 saturated carbocycles. The number of hydrogen-bond donors (Lipinski definition) is 0. The Hall–Kier alpha value is -1.01. The van der Waals surface area contributed by atoms with E-state index in [9.17, 15) is 0 Å². The SMILES string of the molecule is CCOc1cc(Br)ccc1C1(C#N)CC1. The van der Waals surface area contributed by atoms with Gasteiger partial charge in [0.15, 0.2) is 0 Å². The Balaban J connectivity index is 2.43. The second kappa shape index (κ2) is 3.86. The van der Waals surface area contributed by atoms with Crippen LogP contribution in [0.5, 0.6) is 5.75 Å². The molecule has 0 heterocycles. The Morgan fingerprint density at radius 3 is 2.80 bits per heavy atom. The lowest BCUT2D eigenvalue weighted by Gasteiger charge is -2.13. The summed E-state index contributed by atoms with van der Waals surface area (Å²) in [5.74, 6) is 0.839. The highest BCUT2D eigenvalue weighted by molar-refractivity contribution is 9.10. The van der Waals surface area contributed by atoms with Crippen LogP contribution in [0, 0.1) is 11.3 Å². The van der Waals surface area contributed by atoms with E-state index in [0.717, 1.165) is 28.6 Å². The number of rotatable bonds is 3. The molecule has 1 fully saturated rings. The molecular formula is C12H12BrNO. The second-order valence-corrected chi connectivity index (χ2v) is 4.68. The van der Waals surface area contributed by atoms with E-state index >= 15 is 0 Å². The average molecular weight is 266 g/mol. The summed E-state index contributed by atoms with van der Waals surface area (Å²) in [6.45, 7) is 2.58. The van der Waals surface area contributed by atoms with Crippen molar-refractivity contribution in [2.24, 2.45) is 0 Å². The quantitative estimate of drug-likeness (QED) is 0.839. The van der Waals surface area contributed by atoms with Crippen molar-refractivity contribution in [1.29, 1.82) is 5.26 Å². The van der Waals surface area contributed by atoms with Gasteiger partial charge >= 0.3 is 0 Å². The molecule has 0 saturated heterocycles. The van der Waals surface area contributed by atoms with E-state index in [2.05, 4.69) is 22.0 Å². The first-order valence-electron chi connectivity index (χ1n) is 5.06. The summed E-state index contributed by atoms with van der Waals surface area (Å²) >= 11 is 3.41. The molecule has 0 spiro atoms. The van der Waals surface area contributed by atoms with Gasteiger partial charge in [0.2, 0.25) is 0 Å². The molecular weight excluding hydrogens is 254 g/mol. The van der Waals surface area contributed by atoms with Crippen molar-refractivity contribution in [3.63, 3.8) is 0 Å². The standard InChI is InChI=1S/C12H12BrNO/c1-2-15-11-7-9(13)3-4-10(11)12(8-14)5-6-12/h3-4,7H,2,5-6H2,1H3. The third kappa shape index (κ3) is 1.87. The maximum Gasteiger partial charge on any atom is 0.125 e. The zero-order chi connectivity index (χ0) is 10.9. The smallest absolute Gasteiger partial charge is 0.125 e. The van der Waals surface area contributed by atoms with Crippen LogP contribution in [-0.4, -0.2) is 6.61 Å². The molecule has 0 N–H and O–H groups in total. The van der Waals surface area contributed by atoms with E-state index in [4.69, 9.17) is 10.00 Å². The predicted molar refractivity (Wildman–Crippen MR) is 61.8 cm³/mol. The maximum absolute atomic E-state index is 9.15. The molecule has 1 aliphatic rings. The minimum Gasteiger partial charge on any atom is -0.493 e. The number of nitriles is 1.